The van der Waals surface area contributed by atoms with Crippen molar-refractivity contribution in [2.45, 2.75) is 38.6 Å². The first-order valence-electron chi connectivity index (χ1n) is 7.51. The standard InChI is InChI=1S/C17H19Cl2NO3/c1-15(2,14(22)23-3)16-7-17(8-16,9-16)20-13(21)10-4-5-11(18)12(19)6-10/h4-6H,7-9H2,1-3H3,(H,20,21). The number of rotatable bonds is 4. The summed E-state index contributed by atoms with van der Waals surface area (Å²) in [6, 6.07) is 4.84. The number of ether oxygens (including phenoxy) is 1. The molecule has 3 fully saturated rings. The number of methoxy groups -OCH3 is 1. The van der Waals surface area contributed by atoms with Crippen LogP contribution in [-0.2, 0) is 9.53 Å². The Bertz CT molecular complexity index is 679. The highest BCUT2D eigenvalue weighted by Crippen LogP contribution is 2.74. The molecular formula is C17H19Cl2NO3. The Morgan fingerprint density at radius 2 is 1.78 bits per heavy atom. The highest BCUT2D eigenvalue weighted by molar-refractivity contribution is 6.42. The van der Waals surface area contributed by atoms with E-state index in [-0.39, 0.29) is 22.8 Å². The third-order valence-electron chi connectivity index (χ3n) is 5.61. The maximum absolute atomic E-state index is 12.4. The van der Waals surface area contributed by atoms with Crippen LogP contribution < -0.4 is 5.32 Å². The van der Waals surface area contributed by atoms with Gasteiger partial charge in [-0.1, -0.05) is 23.2 Å². The summed E-state index contributed by atoms with van der Waals surface area (Å²) in [4.78, 5) is 24.4. The minimum atomic E-state index is -0.530. The van der Waals surface area contributed by atoms with E-state index >= 15 is 0 Å². The summed E-state index contributed by atoms with van der Waals surface area (Å²) in [5, 5.41) is 3.87. The molecule has 0 spiro atoms. The molecule has 0 heterocycles. The van der Waals surface area contributed by atoms with E-state index in [1.807, 2.05) is 13.8 Å². The molecule has 3 aliphatic rings. The SMILES string of the molecule is COC(=O)C(C)(C)C12CC(NC(=O)c3ccc(Cl)c(Cl)c3)(C1)C2. The molecule has 1 amide bonds. The number of nitrogens with one attached hydrogen (secondary N) is 1. The zero-order chi connectivity index (χ0) is 17.0. The van der Waals surface area contributed by atoms with Gasteiger partial charge in [0, 0.05) is 11.1 Å². The number of halogens is 2. The fourth-order valence-corrected chi connectivity index (χ4v) is 4.30. The average molecular weight is 356 g/mol. The molecule has 0 unspecified atom stereocenters. The Labute approximate surface area is 145 Å². The zero-order valence-corrected chi connectivity index (χ0v) is 14.8. The predicted molar refractivity (Wildman–Crippen MR) is 88.7 cm³/mol. The van der Waals surface area contributed by atoms with Crippen molar-refractivity contribution in [2.24, 2.45) is 10.8 Å². The maximum atomic E-state index is 12.4. The summed E-state index contributed by atoms with van der Waals surface area (Å²) in [6.45, 7) is 3.84. The molecule has 4 rings (SSSR count). The highest BCUT2D eigenvalue weighted by atomic mass is 35.5. The van der Waals surface area contributed by atoms with Gasteiger partial charge in [-0.05, 0) is 56.7 Å². The average Bonchev–Trinajstić information content (AvgIpc) is 2.42. The van der Waals surface area contributed by atoms with Gasteiger partial charge in [0.1, 0.15) is 0 Å². The lowest BCUT2D eigenvalue weighted by Crippen LogP contribution is -2.79. The normalized spacial score (nSPS) is 28.4. The van der Waals surface area contributed by atoms with Crippen molar-refractivity contribution in [1.29, 1.82) is 0 Å². The lowest BCUT2D eigenvalue weighted by molar-refractivity contribution is -0.226. The van der Waals surface area contributed by atoms with Crippen molar-refractivity contribution in [3.63, 3.8) is 0 Å². The van der Waals surface area contributed by atoms with Crippen LogP contribution in [0.2, 0.25) is 10.0 Å². The van der Waals surface area contributed by atoms with Gasteiger partial charge < -0.3 is 10.1 Å². The van der Waals surface area contributed by atoms with E-state index in [0.29, 0.717) is 15.6 Å². The minimum Gasteiger partial charge on any atom is -0.469 e. The topological polar surface area (TPSA) is 55.4 Å². The van der Waals surface area contributed by atoms with Crippen LogP contribution >= 0.6 is 23.2 Å². The minimum absolute atomic E-state index is 0.0645. The number of carbonyl (C=O) groups is 2. The number of amides is 1. The van der Waals surface area contributed by atoms with E-state index in [1.54, 1.807) is 18.2 Å². The van der Waals surface area contributed by atoms with Gasteiger partial charge in [0.2, 0.25) is 0 Å². The molecule has 1 N–H and O–H groups in total. The first kappa shape index (κ1) is 16.6. The molecule has 1 aromatic carbocycles. The summed E-state index contributed by atoms with van der Waals surface area (Å²) < 4.78 is 4.92. The van der Waals surface area contributed by atoms with E-state index in [2.05, 4.69) is 5.32 Å². The molecule has 3 aliphatic carbocycles. The zero-order valence-electron chi connectivity index (χ0n) is 13.3. The smallest absolute Gasteiger partial charge is 0.311 e. The van der Waals surface area contributed by atoms with Gasteiger partial charge in [-0.15, -0.1) is 0 Å². The molecule has 124 valence electrons. The van der Waals surface area contributed by atoms with Gasteiger partial charge in [-0.2, -0.15) is 0 Å². The van der Waals surface area contributed by atoms with Crippen molar-refractivity contribution in [3.8, 4) is 0 Å². The lowest BCUT2D eigenvalue weighted by Gasteiger charge is -2.74. The molecule has 0 aliphatic heterocycles. The number of hydrogen-bond acceptors (Lipinski definition) is 3. The lowest BCUT2D eigenvalue weighted by atomic mass is 9.32. The van der Waals surface area contributed by atoms with E-state index in [9.17, 15) is 9.59 Å². The number of hydrogen-bond donors (Lipinski definition) is 1. The fourth-order valence-electron chi connectivity index (χ4n) is 4.01. The monoisotopic (exact) mass is 355 g/mol. The van der Waals surface area contributed by atoms with Gasteiger partial charge in [-0.25, -0.2) is 0 Å². The molecule has 0 aromatic heterocycles. The highest BCUT2D eigenvalue weighted by Gasteiger charge is 2.75. The van der Waals surface area contributed by atoms with Crippen molar-refractivity contribution in [1.82, 2.24) is 5.32 Å². The second-order valence-corrected chi connectivity index (χ2v) is 8.10. The number of carbonyl (C=O) groups excluding carboxylic acids is 2. The van der Waals surface area contributed by atoms with Crippen molar-refractivity contribution in [2.75, 3.05) is 7.11 Å². The molecule has 2 bridgehead atoms. The Balaban J connectivity index is 1.66. The van der Waals surface area contributed by atoms with Gasteiger partial charge in [-0.3, -0.25) is 9.59 Å². The molecule has 1 aromatic rings. The molecule has 4 nitrogen and oxygen atoms in total. The Hall–Kier alpha value is -1.26. The maximum Gasteiger partial charge on any atom is 0.311 e. The second kappa shape index (κ2) is 5.12. The van der Waals surface area contributed by atoms with Crippen LogP contribution in [0.25, 0.3) is 0 Å². The second-order valence-electron chi connectivity index (χ2n) is 7.29. The van der Waals surface area contributed by atoms with Crippen molar-refractivity contribution < 1.29 is 14.3 Å². The first-order valence-corrected chi connectivity index (χ1v) is 8.26. The summed E-state index contributed by atoms with van der Waals surface area (Å²) in [7, 11) is 1.41. The van der Waals surface area contributed by atoms with Gasteiger partial charge in [0.05, 0.1) is 22.6 Å². The Morgan fingerprint density at radius 3 is 2.30 bits per heavy atom. The van der Waals surface area contributed by atoms with Crippen molar-refractivity contribution in [3.05, 3.63) is 33.8 Å². The first-order chi connectivity index (χ1) is 10.6. The summed E-state index contributed by atoms with van der Waals surface area (Å²) in [5.74, 6) is -0.352. The fraction of sp³-hybridized carbons (Fsp3) is 0.529. The van der Waals surface area contributed by atoms with Crippen LogP contribution in [0, 0.1) is 10.8 Å². The van der Waals surface area contributed by atoms with Crippen LogP contribution in [0.3, 0.4) is 0 Å². The van der Waals surface area contributed by atoms with Crippen molar-refractivity contribution >= 4 is 35.1 Å². The molecular weight excluding hydrogens is 337 g/mol. The Kier molecular flexibility index (Phi) is 3.69. The van der Waals surface area contributed by atoms with Gasteiger partial charge in [0.15, 0.2) is 0 Å². The Morgan fingerprint density at radius 1 is 1.17 bits per heavy atom. The number of esters is 1. The quantitative estimate of drug-likeness (QED) is 0.834. The molecule has 0 atom stereocenters. The van der Waals surface area contributed by atoms with Crippen LogP contribution in [0.1, 0.15) is 43.5 Å². The van der Waals surface area contributed by atoms with Crippen LogP contribution in [0.4, 0.5) is 0 Å². The van der Waals surface area contributed by atoms with E-state index in [1.165, 1.54) is 7.11 Å². The molecule has 3 saturated carbocycles. The van der Waals surface area contributed by atoms with Gasteiger partial charge >= 0.3 is 5.97 Å². The molecule has 0 saturated heterocycles. The number of benzene rings is 1. The van der Waals surface area contributed by atoms with E-state index < -0.39 is 5.41 Å². The van der Waals surface area contributed by atoms with E-state index in [0.717, 1.165) is 19.3 Å². The largest absolute Gasteiger partial charge is 0.469 e. The van der Waals surface area contributed by atoms with E-state index in [4.69, 9.17) is 27.9 Å². The predicted octanol–water partition coefficient (Wildman–Crippen LogP) is 3.85. The molecule has 23 heavy (non-hydrogen) atoms. The van der Waals surface area contributed by atoms with Gasteiger partial charge in [0.25, 0.3) is 5.91 Å². The summed E-state index contributed by atoms with van der Waals surface area (Å²) in [5.41, 5.74) is -0.303. The molecule has 6 heteroatoms. The van der Waals surface area contributed by atoms with Crippen LogP contribution in [0.15, 0.2) is 18.2 Å². The summed E-state index contributed by atoms with van der Waals surface area (Å²) in [6.07, 6.45) is 2.40. The van der Waals surface area contributed by atoms with Crippen LogP contribution in [-0.4, -0.2) is 24.5 Å². The third kappa shape index (κ3) is 2.34. The molecule has 0 radical (unpaired) electrons. The summed E-state index contributed by atoms with van der Waals surface area (Å²) >= 11 is 11.8. The van der Waals surface area contributed by atoms with Crippen LogP contribution in [0.5, 0.6) is 0 Å². The third-order valence-corrected chi connectivity index (χ3v) is 6.35.